The summed E-state index contributed by atoms with van der Waals surface area (Å²) in [5.74, 6) is 3.31. The van der Waals surface area contributed by atoms with Gasteiger partial charge in [0, 0.05) is 5.41 Å². The van der Waals surface area contributed by atoms with Gasteiger partial charge in [0.05, 0.1) is 0 Å². The highest BCUT2D eigenvalue weighted by Crippen LogP contribution is 2.69. The van der Waals surface area contributed by atoms with E-state index in [1.54, 1.807) is 21.5 Å². The smallest absolute Gasteiger partial charge is 0.0623 e. The fourth-order valence-corrected chi connectivity index (χ4v) is 15.9. The van der Waals surface area contributed by atoms with Gasteiger partial charge in [0.2, 0.25) is 0 Å². The molecule has 0 aromatic heterocycles. The molecule has 0 saturated heterocycles. The second kappa shape index (κ2) is 11.6. The highest BCUT2D eigenvalue weighted by Gasteiger charge is 2.61. The number of benzene rings is 7. The van der Waals surface area contributed by atoms with Crippen LogP contribution in [0.4, 0.5) is 0 Å². The molecule has 4 fully saturated rings. The number of hydrogen-bond acceptors (Lipinski definition) is 0. The van der Waals surface area contributed by atoms with Crippen molar-refractivity contribution >= 4 is 18.4 Å². The molecule has 4 saturated carbocycles. The van der Waals surface area contributed by atoms with E-state index in [0.29, 0.717) is 0 Å². The SMILES string of the molecule is C[Si]1(C)c2ccccc2-c2ccc(-c3ccc4c(c3)C3(c5ccc(-c6cc(-c7ccccc7)cc(-c7ccccc7)c6)cc5-4)C4CC5CC(C4)CC3C5)cc21. The van der Waals surface area contributed by atoms with E-state index in [1.165, 1.54) is 98.9 Å². The van der Waals surface area contributed by atoms with Crippen LogP contribution in [0.3, 0.4) is 0 Å². The van der Waals surface area contributed by atoms with Crippen molar-refractivity contribution in [2.24, 2.45) is 23.7 Å². The minimum Gasteiger partial charge on any atom is -0.0623 e. The Morgan fingerprint density at radius 3 is 1.53 bits per heavy atom. The molecule has 1 spiro atoms. The van der Waals surface area contributed by atoms with E-state index in [-0.39, 0.29) is 5.41 Å². The van der Waals surface area contributed by atoms with E-state index in [1.807, 2.05) is 0 Å². The van der Waals surface area contributed by atoms with Crippen molar-refractivity contribution in [2.45, 2.75) is 50.6 Å². The Morgan fingerprint density at radius 1 is 0.364 bits per heavy atom. The molecule has 0 N–H and O–H groups in total. The van der Waals surface area contributed by atoms with Crippen molar-refractivity contribution in [3.05, 3.63) is 169 Å². The normalized spacial score (nSPS) is 24.4. The summed E-state index contributed by atoms with van der Waals surface area (Å²) in [6.07, 6.45) is 7.06. The quantitative estimate of drug-likeness (QED) is 0.159. The predicted octanol–water partition coefficient (Wildman–Crippen LogP) is 12.9. The molecule has 266 valence electrons. The summed E-state index contributed by atoms with van der Waals surface area (Å²) in [5, 5.41) is 3.18. The Morgan fingerprint density at radius 2 is 0.873 bits per heavy atom. The molecule has 0 nitrogen and oxygen atoms in total. The van der Waals surface area contributed by atoms with E-state index < -0.39 is 8.07 Å². The van der Waals surface area contributed by atoms with Crippen LogP contribution in [0.25, 0.3) is 66.8 Å². The fraction of sp³-hybridized carbons (Fsp3) is 0.222. The standard InChI is InChI=1S/C54H46Si/c1-55(2)52-16-10-9-15-47(52)48-21-18-40(33-53(48)55)39-17-20-46-49-31-38(19-22-50(49)54(51(46)32-39)44-24-34-23-35(26-44)27-45(54)25-34)43-29-41(36-11-5-3-6-12-36)28-42(30-43)37-13-7-4-8-14-37/h3-22,28-35,44-45H,23-27H2,1-2H3. The van der Waals surface area contributed by atoms with Crippen LogP contribution in [0.15, 0.2) is 158 Å². The van der Waals surface area contributed by atoms with Crippen LogP contribution in [0, 0.1) is 23.7 Å². The third kappa shape index (κ3) is 4.57. The lowest BCUT2D eigenvalue weighted by molar-refractivity contribution is -0.0399. The molecule has 6 aliphatic rings. The molecule has 1 aliphatic heterocycles. The van der Waals surface area contributed by atoms with E-state index in [4.69, 9.17) is 0 Å². The van der Waals surface area contributed by atoms with Gasteiger partial charge in [0.1, 0.15) is 8.07 Å². The first-order valence-electron chi connectivity index (χ1n) is 20.8. The minimum absolute atomic E-state index is 0.120. The monoisotopic (exact) mass is 722 g/mol. The highest BCUT2D eigenvalue weighted by atomic mass is 28.3. The van der Waals surface area contributed by atoms with E-state index in [9.17, 15) is 0 Å². The third-order valence-electron chi connectivity index (χ3n) is 15.0. The summed E-state index contributed by atoms with van der Waals surface area (Å²) in [6, 6.07) is 60.9. The number of hydrogen-bond donors (Lipinski definition) is 0. The van der Waals surface area contributed by atoms with Crippen LogP contribution in [-0.2, 0) is 5.41 Å². The molecule has 0 atom stereocenters. The van der Waals surface area contributed by atoms with Gasteiger partial charge in [-0.2, -0.15) is 0 Å². The number of rotatable bonds is 4. The molecular formula is C54H46Si. The lowest BCUT2D eigenvalue weighted by Gasteiger charge is -2.61. The summed E-state index contributed by atoms with van der Waals surface area (Å²) in [7, 11) is -1.77. The van der Waals surface area contributed by atoms with Crippen molar-refractivity contribution in [2.75, 3.05) is 0 Å². The van der Waals surface area contributed by atoms with Crippen LogP contribution < -0.4 is 10.4 Å². The summed E-state index contributed by atoms with van der Waals surface area (Å²) in [4.78, 5) is 0. The topological polar surface area (TPSA) is 0 Å². The highest BCUT2D eigenvalue weighted by molar-refractivity contribution is 7.03. The van der Waals surface area contributed by atoms with Crippen LogP contribution in [-0.4, -0.2) is 8.07 Å². The fourth-order valence-electron chi connectivity index (χ4n) is 12.8. The molecule has 5 aliphatic carbocycles. The maximum atomic E-state index is 2.68. The molecule has 0 amide bonds. The van der Waals surface area contributed by atoms with Crippen molar-refractivity contribution in [1.29, 1.82) is 0 Å². The average molecular weight is 723 g/mol. The molecule has 7 aromatic carbocycles. The van der Waals surface area contributed by atoms with Gasteiger partial charge in [-0.25, -0.2) is 0 Å². The Kier molecular flexibility index (Phi) is 6.78. The molecular weight excluding hydrogens is 677 g/mol. The van der Waals surface area contributed by atoms with Gasteiger partial charge >= 0.3 is 0 Å². The zero-order valence-electron chi connectivity index (χ0n) is 31.9. The van der Waals surface area contributed by atoms with Crippen LogP contribution >= 0.6 is 0 Å². The predicted molar refractivity (Wildman–Crippen MR) is 234 cm³/mol. The van der Waals surface area contributed by atoms with Gasteiger partial charge in [-0.3, -0.25) is 0 Å². The van der Waals surface area contributed by atoms with Crippen molar-refractivity contribution in [3.8, 4) is 66.8 Å². The molecule has 7 aromatic rings. The van der Waals surface area contributed by atoms with Crippen LogP contribution in [0.2, 0.25) is 13.1 Å². The Hall–Kier alpha value is -5.24. The number of fused-ring (bicyclic) bond motifs is 6. The zero-order valence-corrected chi connectivity index (χ0v) is 32.9. The maximum absolute atomic E-state index is 2.68. The first-order valence-corrected chi connectivity index (χ1v) is 23.8. The molecule has 1 heterocycles. The zero-order chi connectivity index (χ0) is 36.5. The molecule has 13 rings (SSSR count). The lowest BCUT2D eigenvalue weighted by Crippen LogP contribution is -2.55. The van der Waals surface area contributed by atoms with Crippen LogP contribution in [0.1, 0.15) is 43.2 Å². The van der Waals surface area contributed by atoms with Crippen LogP contribution in [0.5, 0.6) is 0 Å². The third-order valence-corrected chi connectivity index (χ3v) is 18.6. The first kappa shape index (κ1) is 32.0. The Balaban J connectivity index is 1.03. The summed E-state index contributed by atoms with van der Waals surface area (Å²) in [6.45, 7) is 5.08. The van der Waals surface area contributed by atoms with E-state index in [2.05, 4.69) is 171 Å². The lowest BCUT2D eigenvalue weighted by atomic mass is 9.43. The Bertz CT molecular complexity index is 2600. The van der Waals surface area contributed by atoms with Gasteiger partial charge in [0.25, 0.3) is 0 Å². The minimum atomic E-state index is -1.77. The average Bonchev–Trinajstić information content (AvgIpc) is 3.64. The van der Waals surface area contributed by atoms with Gasteiger partial charge in [-0.1, -0.05) is 140 Å². The summed E-state index contributed by atoms with van der Waals surface area (Å²) in [5.41, 5.74) is 19.7. The van der Waals surface area contributed by atoms with E-state index in [0.717, 1.165) is 23.7 Å². The van der Waals surface area contributed by atoms with Gasteiger partial charge < -0.3 is 0 Å². The summed E-state index contributed by atoms with van der Waals surface area (Å²) < 4.78 is 0. The summed E-state index contributed by atoms with van der Waals surface area (Å²) >= 11 is 0. The van der Waals surface area contributed by atoms with Gasteiger partial charge in [-0.05, 0) is 174 Å². The second-order valence-electron chi connectivity index (χ2n) is 18.2. The molecule has 0 radical (unpaired) electrons. The van der Waals surface area contributed by atoms with Gasteiger partial charge in [0.15, 0.2) is 0 Å². The largest absolute Gasteiger partial charge is 0.113 e. The van der Waals surface area contributed by atoms with Crippen molar-refractivity contribution in [3.63, 3.8) is 0 Å². The van der Waals surface area contributed by atoms with Crippen molar-refractivity contribution < 1.29 is 0 Å². The maximum Gasteiger partial charge on any atom is 0.113 e. The molecule has 0 unspecified atom stereocenters. The van der Waals surface area contributed by atoms with Gasteiger partial charge in [-0.15, -0.1) is 0 Å². The first-order chi connectivity index (χ1) is 26.9. The van der Waals surface area contributed by atoms with Crippen molar-refractivity contribution in [1.82, 2.24) is 0 Å². The molecule has 1 heteroatoms. The molecule has 55 heavy (non-hydrogen) atoms. The second-order valence-corrected chi connectivity index (χ2v) is 22.5. The molecule has 4 bridgehead atoms. The Labute approximate surface area is 327 Å². The van der Waals surface area contributed by atoms with E-state index >= 15 is 0 Å².